The molecule has 1 heterocycles. The minimum absolute atomic E-state index is 0.0297. The van der Waals surface area contributed by atoms with Gasteiger partial charge in [-0.25, -0.2) is 0 Å². The first-order chi connectivity index (χ1) is 12.1. The third kappa shape index (κ3) is 4.70. The maximum Gasteiger partial charge on any atom is 0.248 e. The molecule has 138 valence electrons. The molecule has 0 aromatic heterocycles. The molecule has 0 fully saturated rings. The van der Waals surface area contributed by atoms with Gasteiger partial charge in [-0.3, -0.25) is 9.59 Å². The van der Waals surface area contributed by atoms with E-state index in [1.165, 1.54) is 6.92 Å². The molecule has 0 radical (unpaired) electrons. The number of rotatable bonds is 2. The molecule has 1 amide bonds. The first-order valence-corrected chi connectivity index (χ1v) is 8.47. The lowest BCUT2D eigenvalue weighted by atomic mass is 9.90. The number of aliphatic hydroxyl groups excluding tert-OH is 1. The number of carbonyl (C=O) groups excluding carboxylic acids is 2. The predicted octanol–water partition coefficient (Wildman–Crippen LogP) is 3.06. The molecule has 1 atom stereocenters. The molecular weight excluding hydrogens is 330 g/mol. The summed E-state index contributed by atoms with van der Waals surface area (Å²) in [6.45, 7) is 7.18. The zero-order chi connectivity index (χ0) is 19.5. The number of aryl methyl sites for hydroxylation is 1. The Hall–Kier alpha value is -2.66. The summed E-state index contributed by atoms with van der Waals surface area (Å²) in [5.74, 6) is 0.422. The molecule has 2 aromatic carbocycles. The molecule has 3 rings (SSSR count). The zero-order valence-corrected chi connectivity index (χ0v) is 15.6. The highest BCUT2D eigenvalue weighted by atomic mass is 16.5. The molecule has 5 heteroatoms. The molecule has 0 spiro atoms. The highest BCUT2D eigenvalue weighted by Gasteiger charge is 2.35. The van der Waals surface area contributed by atoms with Crippen molar-refractivity contribution in [3.05, 3.63) is 64.7 Å². The maximum absolute atomic E-state index is 11.2. The Morgan fingerprint density at radius 2 is 1.85 bits per heavy atom. The Labute approximate surface area is 153 Å². The summed E-state index contributed by atoms with van der Waals surface area (Å²) in [6.07, 6.45) is -0.00842. The average Bonchev–Trinajstić information content (AvgIpc) is 2.55. The fourth-order valence-electron chi connectivity index (χ4n) is 2.66. The second-order valence-electron chi connectivity index (χ2n) is 7.04. The van der Waals surface area contributed by atoms with Gasteiger partial charge in [0.25, 0.3) is 0 Å². The zero-order valence-electron chi connectivity index (χ0n) is 15.6. The Morgan fingerprint density at radius 1 is 1.15 bits per heavy atom. The molecule has 2 aromatic rings. The van der Waals surface area contributed by atoms with E-state index in [4.69, 9.17) is 10.5 Å². The summed E-state index contributed by atoms with van der Waals surface area (Å²) >= 11 is 0. The monoisotopic (exact) mass is 355 g/mol. The Kier molecular flexibility index (Phi) is 5.83. The normalized spacial score (nSPS) is 17.2. The van der Waals surface area contributed by atoms with Crippen molar-refractivity contribution in [2.45, 2.75) is 45.8 Å². The van der Waals surface area contributed by atoms with Crippen molar-refractivity contribution in [3.8, 4) is 5.75 Å². The molecule has 5 nitrogen and oxygen atoms in total. The number of fused-ring (bicyclic) bond motifs is 1. The Balaban J connectivity index is 0.000000209. The van der Waals surface area contributed by atoms with Gasteiger partial charge in [-0.15, -0.1) is 0 Å². The van der Waals surface area contributed by atoms with E-state index in [1.807, 2.05) is 32.9 Å². The van der Waals surface area contributed by atoms with E-state index in [9.17, 15) is 14.7 Å². The molecule has 0 saturated heterocycles. The molecular formula is C21H25NO4. The number of hydrogen-bond acceptors (Lipinski definition) is 4. The standard InChI is InChI=1S/C13H16O3.C8H9NO/c1-8(14)9-4-5-11-10(6-9)7-12(15)13(2,3)16-11;1-6-3-2-4-7(5-6)8(9)10/h4-6,12,15H,7H2,1-3H3;2-5H,1H3,(H2,9,10)/t12-;/m1./s1. The summed E-state index contributed by atoms with van der Waals surface area (Å²) in [4.78, 5) is 21.8. The van der Waals surface area contributed by atoms with Crippen LogP contribution in [0.5, 0.6) is 5.75 Å². The van der Waals surface area contributed by atoms with Crippen molar-refractivity contribution < 1.29 is 19.4 Å². The molecule has 1 aliphatic rings. The van der Waals surface area contributed by atoms with Gasteiger partial charge in [0, 0.05) is 17.5 Å². The minimum Gasteiger partial charge on any atom is -0.485 e. The number of ketones is 1. The summed E-state index contributed by atoms with van der Waals surface area (Å²) in [5, 5.41) is 9.90. The number of aliphatic hydroxyl groups is 1. The van der Waals surface area contributed by atoms with Gasteiger partial charge < -0.3 is 15.6 Å². The first kappa shape index (κ1) is 19.7. The number of benzene rings is 2. The number of ether oxygens (including phenoxy) is 1. The third-order valence-electron chi connectivity index (χ3n) is 4.36. The van der Waals surface area contributed by atoms with Crippen molar-refractivity contribution in [2.75, 3.05) is 0 Å². The lowest BCUT2D eigenvalue weighted by molar-refractivity contribution is -0.0411. The van der Waals surface area contributed by atoms with Crippen LogP contribution in [0.25, 0.3) is 0 Å². The highest BCUT2D eigenvalue weighted by Crippen LogP contribution is 2.33. The van der Waals surface area contributed by atoms with Crippen molar-refractivity contribution >= 4 is 11.7 Å². The lowest BCUT2D eigenvalue weighted by Crippen LogP contribution is -2.46. The van der Waals surface area contributed by atoms with Crippen molar-refractivity contribution in [1.29, 1.82) is 0 Å². The molecule has 26 heavy (non-hydrogen) atoms. The second kappa shape index (κ2) is 7.70. The number of Topliss-reactive ketones (excluding diaryl/α,β-unsaturated/α-hetero) is 1. The first-order valence-electron chi connectivity index (χ1n) is 8.47. The van der Waals surface area contributed by atoms with Gasteiger partial charge in [-0.2, -0.15) is 0 Å². The van der Waals surface area contributed by atoms with E-state index < -0.39 is 11.7 Å². The average molecular weight is 355 g/mol. The van der Waals surface area contributed by atoms with E-state index in [1.54, 1.807) is 30.3 Å². The van der Waals surface area contributed by atoms with Crippen LogP contribution in [0.4, 0.5) is 0 Å². The van der Waals surface area contributed by atoms with Crippen molar-refractivity contribution in [3.63, 3.8) is 0 Å². The summed E-state index contributed by atoms with van der Waals surface area (Å²) in [6, 6.07) is 12.6. The topological polar surface area (TPSA) is 89.6 Å². The van der Waals surface area contributed by atoms with Crippen LogP contribution < -0.4 is 10.5 Å². The summed E-state index contributed by atoms with van der Waals surface area (Å²) in [5.41, 5.74) is 7.66. The molecule has 0 saturated carbocycles. The van der Waals surface area contributed by atoms with Crippen LogP contribution in [0.2, 0.25) is 0 Å². The Bertz CT molecular complexity index is 827. The maximum atomic E-state index is 11.2. The SMILES string of the molecule is CC(=O)c1ccc2c(c1)C[C@@H](O)C(C)(C)O2.Cc1cccc(C(N)=O)c1. The van der Waals surface area contributed by atoms with Crippen LogP contribution in [0.1, 0.15) is 52.6 Å². The number of hydrogen-bond donors (Lipinski definition) is 2. The number of carbonyl (C=O) groups is 2. The van der Waals surface area contributed by atoms with E-state index in [2.05, 4.69) is 0 Å². The summed E-state index contributed by atoms with van der Waals surface area (Å²) < 4.78 is 5.70. The highest BCUT2D eigenvalue weighted by molar-refractivity contribution is 5.94. The number of nitrogens with two attached hydrogens (primary N) is 1. The Morgan fingerprint density at radius 3 is 2.38 bits per heavy atom. The molecule has 3 N–H and O–H groups in total. The van der Waals surface area contributed by atoms with Crippen molar-refractivity contribution in [2.24, 2.45) is 5.73 Å². The van der Waals surface area contributed by atoms with Gasteiger partial charge in [-0.1, -0.05) is 17.7 Å². The number of amides is 1. The molecule has 1 aliphatic heterocycles. The fraction of sp³-hybridized carbons (Fsp3) is 0.333. The summed E-state index contributed by atoms with van der Waals surface area (Å²) in [7, 11) is 0. The van der Waals surface area contributed by atoms with E-state index in [0.29, 0.717) is 17.5 Å². The molecule has 0 unspecified atom stereocenters. The van der Waals surface area contributed by atoms with Gasteiger partial charge in [0.1, 0.15) is 11.4 Å². The van der Waals surface area contributed by atoms with Gasteiger partial charge in [0.05, 0.1) is 6.10 Å². The van der Waals surface area contributed by atoms with Crippen LogP contribution in [-0.4, -0.2) is 28.5 Å². The molecule has 0 aliphatic carbocycles. The van der Waals surface area contributed by atoms with Gasteiger partial charge >= 0.3 is 0 Å². The van der Waals surface area contributed by atoms with Crippen LogP contribution in [-0.2, 0) is 6.42 Å². The predicted molar refractivity (Wildman–Crippen MR) is 101 cm³/mol. The smallest absolute Gasteiger partial charge is 0.248 e. The quantitative estimate of drug-likeness (QED) is 0.810. The van der Waals surface area contributed by atoms with Gasteiger partial charge in [0.2, 0.25) is 5.91 Å². The van der Waals surface area contributed by atoms with Crippen LogP contribution in [0, 0.1) is 6.92 Å². The fourth-order valence-corrected chi connectivity index (χ4v) is 2.66. The van der Waals surface area contributed by atoms with Crippen LogP contribution in [0.15, 0.2) is 42.5 Å². The minimum atomic E-state index is -0.565. The number of primary amides is 1. The third-order valence-corrected chi connectivity index (χ3v) is 4.36. The van der Waals surface area contributed by atoms with E-state index >= 15 is 0 Å². The lowest BCUT2D eigenvalue weighted by Gasteiger charge is -2.37. The van der Waals surface area contributed by atoms with Gasteiger partial charge in [-0.05, 0) is 63.6 Å². The van der Waals surface area contributed by atoms with Crippen LogP contribution in [0.3, 0.4) is 0 Å². The largest absolute Gasteiger partial charge is 0.485 e. The van der Waals surface area contributed by atoms with Gasteiger partial charge in [0.15, 0.2) is 5.78 Å². The van der Waals surface area contributed by atoms with Crippen LogP contribution >= 0.6 is 0 Å². The van der Waals surface area contributed by atoms with E-state index in [-0.39, 0.29) is 11.7 Å². The molecule has 0 bridgehead atoms. The van der Waals surface area contributed by atoms with Crippen molar-refractivity contribution in [1.82, 2.24) is 0 Å². The van der Waals surface area contributed by atoms with E-state index in [0.717, 1.165) is 16.9 Å². The second-order valence-corrected chi connectivity index (χ2v) is 7.04.